The summed E-state index contributed by atoms with van der Waals surface area (Å²) >= 11 is 11.2. The second-order valence-corrected chi connectivity index (χ2v) is 5.44. The molecule has 4 heteroatoms. The van der Waals surface area contributed by atoms with E-state index >= 15 is 0 Å². The van der Waals surface area contributed by atoms with Gasteiger partial charge < -0.3 is 4.98 Å². The van der Waals surface area contributed by atoms with Crippen molar-refractivity contribution in [3.05, 3.63) is 57.1 Å². The number of halogens is 1. The number of rotatable bonds is 3. The quantitative estimate of drug-likeness (QED) is 0.837. The van der Waals surface area contributed by atoms with Gasteiger partial charge in [0.15, 0.2) is 0 Å². The summed E-state index contributed by atoms with van der Waals surface area (Å²) in [6.45, 7) is 4.26. The summed E-state index contributed by atoms with van der Waals surface area (Å²) in [5.41, 5.74) is 2.24. The second kappa shape index (κ2) is 5.63. The normalized spacial score (nSPS) is 10.9. The highest BCUT2D eigenvalue weighted by Gasteiger charge is 2.04. The van der Waals surface area contributed by atoms with E-state index in [0.29, 0.717) is 17.0 Å². The van der Waals surface area contributed by atoms with Crippen molar-refractivity contribution in [3.8, 4) is 0 Å². The summed E-state index contributed by atoms with van der Waals surface area (Å²) in [6, 6.07) is 9.71. The number of hydrogen-bond acceptors (Lipinski definition) is 2. The number of aromatic nitrogens is 2. The Hall–Kier alpha value is -1.19. The van der Waals surface area contributed by atoms with Gasteiger partial charge in [-0.05, 0) is 29.7 Å². The number of hydrogen-bond donors (Lipinski definition) is 1. The van der Waals surface area contributed by atoms with Crippen LogP contribution in [0, 0.1) is 4.64 Å². The maximum absolute atomic E-state index is 5.97. The summed E-state index contributed by atoms with van der Waals surface area (Å²) in [6.07, 6.45) is 0.713. The van der Waals surface area contributed by atoms with Crippen molar-refractivity contribution in [3.63, 3.8) is 0 Å². The molecule has 0 radical (unpaired) electrons. The van der Waals surface area contributed by atoms with E-state index in [2.05, 4.69) is 23.8 Å². The van der Waals surface area contributed by atoms with Gasteiger partial charge in [-0.3, -0.25) is 0 Å². The first-order valence-corrected chi connectivity index (χ1v) is 6.68. The van der Waals surface area contributed by atoms with E-state index in [1.807, 2.05) is 30.3 Å². The summed E-state index contributed by atoms with van der Waals surface area (Å²) < 4.78 is 0.634. The van der Waals surface area contributed by atoms with Crippen LogP contribution in [-0.4, -0.2) is 9.97 Å². The standard InChI is InChI=1S/C14H15ClN2S/c1-9(2)12-8-14(18)17-13(16-12)7-10-4-3-5-11(15)6-10/h3-6,8-9H,7H2,1-2H3,(H,16,17,18). The second-order valence-electron chi connectivity index (χ2n) is 4.58. The molecule has 94 valence electrons. The Kier molecular flexibility index (Phi) is 4.15. The van der Waals surface area contributed by atoms with E-state index in [9.17, 15) is 0 Å². The number of aromatic amines is 1. The van der Waals surface area contributed by atoms with E-state index in [1.165, 1.54) is 0 Å². The lowest BCUT2D eigenvalue weighted by molar-refractivity contribution is 0.789. The fourth-order valence-electron chi connectivity index (χ4n) is 1.76. The molecule has 18 heavy (non-hydrogen) atoms. The Morgan fingerprint density at radius 2 is 2.11 bits per heavy atom. The molecule has 1 N–H and O–H groups in total. The van der Waals surface area contributed by atoms with E-state index in [0.717, 1.165) is 22.1 Å². The first-order chi connectivity index (χ1) is 8.54. The number of H-pyrrole nitrogens is 1. The highest BCUT2D eigenvalue weighted by atomic mass is 35.5. The number of nitrogens with one attached hydrogen (secondary N) is 1. The van der Waals surface area contributed by atoms with E-state index in [-0.39, 0.29) is 0 Å². The molecule has 0 spiro atoms. The van der Waals surface area contributed by atoms with Gasteiger partial charge in [-0.1, -0.05) is 49.8 Å². The Bertz CT molecular complexity index is 605. The predicted octanol–water partition coefficient (Wildman–Crippen LogP) is 4.51. The Labute approximate surface area is 117 Å². The van der Waals surface area contributed by atoms with Crippen molar-refractivity contribution in [2.45, 2.75) is 26.2 Å². The lowest BCUT2D eigenvalue weighted by atomic mass is 10.1. The van der Waals surface area contributed by atoms with Crippen LogP contribution >= 0.6 is 23.8 Å². The van der Waals surface area contributed by atoms with Gasteiger partial charge in [-0.2, -0.15) is 0 Å². The van der Waals surface area contributed by atoms with Gasteiger partial charge in [0, 0.05) is 17.1 Å². The van der Waals surface area contributed by atoms with Crippen LogP contribution in [0.5, 0.6) is 0 Å². The van der Waals surface area contributed by atoms with Crippen LogP contribution in [0.25, 0.3) is 0 Å². The Balaban J connectivity index is 2.32. The molecule has 0 unspecified atom stereocenters. The van der Waals surface area contributed by atoms with E-state index in [4.69, 9.17) is 23.8 Å². The van der Waals surface area contributed by atoms with Gasteiger partial charge in [-0.25, -0.2) is 4.98 Å². The minimum atomic E-state index is 0.410. The zero-order valence-electron chi connectivity index (χ0n) is 10.4. The Morgan fingerprint density at radius 3 is 2.78 bits per heavy atom. The molecule has 0 fully saturated rings. The molecule has 0 saturated carbocycles. The molecule has 2 aromatic rings. The molecular weight excluding hydrogens is 264 g/mol. The summed E-state index contributed by atoms with van der Waals surface area (Å²) in [5.74, 6) is 1.29. The number of nitrogens with zero attached hydrogens (tertiary/aromatic N) is 1. The molecule has 0 amide bonds. The maximum atomic E-state index is 5.97. The molecule has 1 aromatic heterocycles. The molecule has 2 rings (SSSR count). The topological polar surface area (TPSA) is 28.7 Å². The van der Waals surface area contributed by atoms with Crippen LogP contribution in [0.15, 0.2) is 30.3 Å². The van der Waals surface area contributed by atoms with Crippen molar-refractivity contribution in [1.82, 2.24) is 9.97 Å². The van der Waals surface area contributed by atoms with Gasteiger partial charge in [0.2, 0.25) is 0 Å². The smallest absolute Gasteiger partial charge is 0.130 e. The lowest BCUT2D eigenvalue weighted by Gasteiger charge is -2.08. The molecule has 0 aliphatic rings. The minimum Gasteiger partial charge on any atom is -0.347 e. The first kappa shape index (κ1) is 13.2. The molecule has 0 aliphatic heterocycles. The van der Waals surface area contributed by atoms with Crippen LogP contribution in [-0.2, 0) is 6.42 Å². The van der Waals surface area contributed by atoms with Crippen LogP contribution in [0.1, 0.15) is 36.8 Å². The SMILES string of the molecule is CC(C)c1cc(=S)nc(Cc2cccc(Cl)c2)[nH]1. The van der Waals surface area contributed by atoms with E-state index < -0.39 is 0 Å². The van der Waals surface area contributed by atoms with Gasteiger partial charge in [-0.15, -0.1) is 0 Å². The van der Waals surface area contributed by atoms with Crippen LogP contribution in [0.4, 0.5) is 0 Å². The van der Waals surface area contributed by atoms with Gasteiger partial charge in [0.1, 0.15) is 10.5 Å². The fraction of sp³-hybridized carbons (Fsp3) is 0.286. The average molecular weight is 279 g/mol. The van der Waals surface area contributed by atoms with Crippen molar-refractivity contribution < 1.29 is 0 Å². The Morgan fingerprint density at radius 1 is 1.33 bits per heavy atom. The molecule has 1 aromatic carbocycles. The van der Waals surface area contributed by atoms with Crippen LogP contribution in [0.2, 0.25) is 5.02 Å². The van der Waals surface area contributed by atoms with Crippen molar-refractivity contribution in [2.24, 2.45) is 0 Å². The third-order valence-corrected chi connectivity index (χ3v) is 3.14. The van der Waals surface area contributed by atoms with E-state index in [1.54, 1.807) is 0 Å². The first-order valence-electron chi connectivity index (χ1n) is 5.89. The molecular formula is C14H15ClN2S. The van der Waals surface area contributed by atoms with Gasteiger partial charge in [0.05, 0.1) is 0 Å². The zero-order valence-corrected chi connectivity index (χ0v) is 12.0. The summed E-state index contributed by atoms with van der Waals surface area (Å²) in [4.78, 5) is 7.69. The predicted molar refractivity (Wildman–Crippen MR) is 77.8 cm³/mol. The van der Waals surface area contributed by atoms with Crippen LogP contribution in [0.3, 0.4) is 0 Å². The van der Waals surface area contributed by atoms with Crippen molar-refractivity contribution in [1.29, 1.82) is 0 Å². The third kappa shape index (κ3) is 3.40. The maximum Gasteiger partial charge on any atom is 0.130 e. The number of benzene rings is 1. The van der Waals surface area contributed by atoms with Gasteiger partial charge in [0.25, 0.3) is 0 Å². The zero-order chi connectivity index (χ0) is 13.1. The van der Waals surface area contributed by atoms with Gasteiger partial charge >= 0.3 is 0 Å². The third-order valence-electron chi connectivity index (χ3n) is 2.70. The average Bonchev–Trinajstić information content (AvgIpc) is 2.28. The molecule has 0 atom stereocenters. The molecule has 0 bridgehead atoms. The highest BCUT2D eigenvalue weighted by Crippen LogP contribution is 2.15. The highest BCUT2D eigenvalue weighted by molar-refractivity contribution is 7.71. The monoisotopic (exact) mass is 278 g/mol. The van der Waals surface area contributed by atoms with Crippen molar-refractivity contribution >= 4 is 23.8 Å². The van der Waals surface area contributed by atoms with Crippen molar-refractivity contribution in [2.75, 3.05) is 0 Å². The summed E-state index contributed by atoms with van der Waals surface area (Å²) in [7, 11) is 0. The fourth-order valence-corrected chi connectivity index (χ4v) is 2.21. The molecule has 2 nitrogen and oxygen atoms in total. The molecule has 0 aliphatic carbocycles. The summed E-state index contributed by atoms with van der Waals surface area (Å²) in [5, 5.41) is 0.742. The molecule has 1 heterocycles. The largest absolute Gasteiger partial charge is 0.347 e. The lowest BCUT2D eigenvalue weighted by Crippen LogP contribution is -2.02. The molecule has 0 saturated heterocycles. The van der Waals surface area contributed by atoms with Crippen LogP contribution < -0.4 is 0 Å². The minimum absolute atomic E-state index is 0.410.